The van der Waals surface area contributed by atoms with Crippen molar-refractivity contribution >= 4 is 11.8 Å². The average molecular weight is 302 g/mol. The summed E-state index contributed by atoms with van der Waals surface area (Å²) < 4.78 is 0. The molecule has 0 aromatic heterocycles. The minimum absolute atomic E-state index is 0.102. The molecule has 0 spiro atoms. The number of hydrogen-bond acceptors (Lipinski definition) is 2. The van der Waals surface area contributed by atoms with Gasteiger partial charge < -0.3 is 10.2 Å². The van der Waals surface area contributed by atoms with Gasteiger partial charge in [0, 0.05) is 20.0 Å². The van der Waals surface area contributed by atoms with Crippen LogP contribution in [0.1, 0.15) is 57.1 Å². The van der Waals surface area contributed by atoms with Gasteiger partial charge in [-0.25, -0.2) is 0 Å². The van der Waals surface area contributed by atoms with Crippen LogP contribution in [0.3, 0.4) is 0 Å². The molecule has 120 valence electrons. The van der Waals surface area contributed by atoms with Crippen molar-refractivity contribution in [2.45, 2.75) is 51.5 Å². The number of rotatable bonds is 4. The lowest BCUT2D eigenvalue weighted by Gasteiger charge is -2.27. The van der Waals surface area contributed by atoms with Crippen LogP contribution in [0.15, 0.2) is 30.3 Å². The second-order valence-electron chi connectivity index (χ2n) is 6.02. The molecule has 0 aliphatic carbocycles. The predicted octanol–water partition coefficient (Wildman–Crippen LogP) is 3.05. The van der Waals surface area contributed by atoms with E-state index < -0.39 is 0 Å². The van der Waals surface area contributed by atoms with Gasteiger partial charge in [0.25, 0.3) is 0 Å². The van der Waals surface area contributed by atoms with Crippen LogP contribution in [0.25, 0.3) is 0 Å². The highest BCUT2D eigenvalue weighted by Gasteiger charge is 2.21. The third-order valence-corrected chi connectivity index (χ3v) is 4.17. The Kier molecular flexibility index (Phi) is 6.44. The number of nitrogens with one attached hydrogen (secondary N) is 1. The zero-order valence-electron chi connectivity index (χ0n) is 13.4. The van der Waals surface area contributed by atoms with Gasteiger partial charge in [0.2, 0.25) is 11.8 Å². The van der Waals surface area contributed by atoms with Crippen molar-refractivity contribution < 1.29 is 9.59 Å². The number of benzene rings is 1. The zero-order chi connectivity index (χ0) is 15.8. The molecule has 1 aromatic rings. The molecule has 0 bridgehead atoms. The Bertz CT molecular complexity index is 479. The second kappa shape index (κ2) is 8.57. The van der Waals surface area contributed by atoms with Crippen molar-refractivity contribution in [1.29, 1.82) is 0 Å². The highest BCUT2D eigenvalue weighted by molar-refractivity contribution is 5.79. The molecule has 1 N–H and O–H groups in total. The maximum atomic E-state index is 12.6. The van der Waals surface area contributed by atoms with E-state index in [0.29, 0.717) is 6.42 Å². The number of amides is 2. The molecule has 1 aliphatic heterocycles. The zero-order valence-corrected chi connectivity index (χ0v) is 13.4. The van der Waals surface area contributed by atoms with Crippen LogP contribution in [-0.4, -0.2) is 29.8 Å². The Morgan fingerprint density at radius 1 is 1.05 bits per heavy atom. The predicted molar refractivity (Wildman–Crippen MR) is 87.3 cm³/mol. The molecule has 1 fully saturated rings. The van der Waals surface area contributed by atoms with Crippen LogP contribution in [0.4, 0.5) is 0 Å². The second-order valence-corrected chi connectivity index (χ2v) is 6.02. The number of hydrogen-bond donors (Lipinski definition) is 1. The van der Waals surface area contributed by atoms with E-state index in [1.807, 2.05) is 35.2 Å². The van der Waals surface area contributed by atoms with E-state index >= 15 is 0 Å². The maximum Gasteiger partial charge on any atom is 0.224 e. The number of carbonyl (C=O) groups is 2. The largest absolute Gasteiger partial charge is 0.349 e. The van der Waals surface area contributed by atoms with Gasteiger partial charge in [-0.3, -0.25) is 9.59 Å². The van der Waals surface area contributed by atoms with Gasteiger partial charge in [0.15, 0.2) is 0 Å². The first-order valence-corrected chi connectivity index (χ1v) is 8.26. The summed E-state index contributed by atoms with van der Waals surface area (Å²) in [6, 6.07) is 9.49. The summed E-state index contributed by atoms with van der Waals surface area (Å²) in [5.41, 5.74) is 0.984. The van der Waals surface area contributed by atoms with E-state index in [4.69, 9.17) is 0 Å². The molecule has 4 nitrogen and oxygen atoms in total. The Morgan fingerprint density at radius 3 is 2.23 bits per heavy atom. The number of likely N-dealkylation sites (tertiary alicyclic amines) is 1. The van der Waals surface area contributed by atoms with Crippen molar-refractivity contribution in [3.8, 4) is 0 Å². The lowest BCUT2D eigenvalue weighted by Crippen LogP contribution is -2.37. The Morgan fingerprint density at radius 2 is 1.64 bits per heavy atom. The summed E-state index contributed by atoms with van der Waals surface area (Å²) in [5, 5.41) is 2.91. The molecular weight excluding hydrogens is 276 g/mol. The van der Waals surface area contributed by atoms with Crippen molar-refractivity contribution in [1.82, 2.24) is 10.2 Å². The Labute approximate surface area is 132 Å². The van der Waals surface area contributed by atoms with Gasteiger partial charge in [-0.1, -0.05) is 49.6 Å². The lowest BCUT2D eigenvalue weighted by molar-refractivity contribution is -0.132. The molecule has 1 aliphatic rings. The van der Waals surface area contributed by atoms with Crippen molar-refractivity contribution in [3.05, 3.63) is 35.9 Å². The molecule has 0 radical (unpaired) electrons. The molecule has 1 heterocycles. The van der Waals surface area contributed by atoms with Crippen LogP contribution in [0.2, 0.25) is 0 Å². The standard InChI is InChI=1S/C18H26N2O2/c1-15(21)19-17(16-10-6-5-7-11-16)14-18(22)20-12-8-3-2-4-9-13-20/h5-7,10-11,17H,2-4,8-9,12-14H2,1H3,(H,19,21)/t17-/m0/s1. The highest BCUT2D eigenvalue weighted by Crippen LogP contribution is 2.19. The van der Waals surface area contributed by atoms with Crippen molar-refractivity contribution in [3.63, 3.8) is 0 Å². The van der Waals surface area contributed by atoms with Gasteiger partial charge in [-0.15, -0.1) is 0 Å². The van der Waals surface area contributed by atoms with Crippen LogP contribution in [-0.2, 0) is 9.59 Å². The van der Waals surface area contributed by atoms with E-state index in [0.717, 1.165) is 31.5 Å². The van der Waals surface area contributed by atoms with Crippen LogP contribution < -0.4 is 5.32 Å². The summed E-state index contributed by atoms with van der Waals surface area (Å²) in [5.74, 6) is 0.0406. The molecule has 1 aromatic carbocycles. The molecule has 0 unspecified atom stereocenters. The Hall–Kier alpha value is -1.84. The van der Waals surface area contributed by atoms with Gasteiger partial charge in [0.1, 0.15) is 0 Å². The maximum absolute atomic E-state index is 12.6. The monoisotopic (exact) mass is 302 g/mol. The van der Waals surface area contributed by atoms with E-state index in [9.17, 15) is 9.59 Å². The smallest absolute Gasteiger partial charge is 0.224 e. The summed E-state index contributed by atoms with van der Waals surface area (Å²) in [6.07, 6.45) is 6.20. The topological polar surface area (TPSA) is 49.4 Å². The molecule has 2 rings (SSSR count). The molecule has 0 saturated carbocycles. The summed E-state index contributed by atoms with van der Waals surface area (Å²) in [6.45, 7) is 3.19. The minimum Gasteiger partial charge on any atom is -0.349 e. The first-order valence-electron chi connectivity index (χ1n) is 8.26. The van der Waals surface area contributed by atoms with E-state index in [1.165, 1.54) is 26.2 Å². The molecule has 1 atom stereocenters. The van der Waals surface area contributed by atoms with E-state index in [1.54, 1.807) is 0 Å². The molecular formula is C18H26N2O2. The fourth-order valence-electron chi connectivity index (χ4n) is 2.98. The first-order chi connectivity index (χ1) is 10.7. The summed E-state index contributed by atoms with van der Waals surface area (Å²) in [7, 11) is 0. The SMILES string of the molecule is CC(=O)N[C@@H](CC(=O)N1CCCCCCC1)c1ccccc1. The van der Waals surface area contributed by atoms with Gasteiger partial charge in [-0.2, -0.15) is 0 Å². The fourth-order valence-corrected chi connectivity index (χ4v) is 2.98. The van der Waals surface area contributed by atoms with Gasteiger partial charge in [-0.05, 0) is 18.4 Å². The van der Waals surface area contributed by atoms with Gasteiger partial charge >= 0.3 is 0 Å². The quantitative estimate of drug-likeness (QED) is 0.929. The summed E-state index contributed by atoms with van der Waals surface area (Å²) >= 11 is 0. The highest BCUT2D eigenvalue weighted by atomic mass is 16.2. The average Bonchev–Trinajstić information content (AvgIpc) is 2.46. The molecule has 4 heteroatoms. The lowest BCUT2D eigenvalue weighted by atomic mass is 10.0. The fraction of sp³-hybridized carbons (Fsp3) is 0.556. The van der Waals surface area contributed by atoms with Gasteiger partial charge in [0.05, 0.1) is 12.5 Å². The number of carbonyl (C=O) groups excluding carboxylic acids is 2. The first kappa shape index (κ1) is 16.5. The normalized spacial score (nSPS) is 17.2. The van der Waals surface area contributed by atoms with Crippen molar-refractivity contribution in [2.75, 3.05) is 13.1 Å². The number of nitrogens with zero attached hydrogens (tertiary/aromatic N) is 1. The van der Waals surface area contributed by atoms with Crippen LogP contribution in [0, 0.1) is 0 Å². The molecule has 22 heavy (non-hydrogen) atoms. The molecule has 2 amide bonds. The third kappa shape index (κ3) is 5.17. The Balaban J connectivity index is 2.02. The van der Waals surface area contributed by atoms with E-state index in [2.05, 4.69) is 5.32 Å². The van der Waals surface area contributed by atoms with E-state index in [-0.39, 0.29) is 17.9 Å². The molecule has 1 saturated heterocycles. The third-order valence-electron chi connectivity index (χ3n) is 4.17. The van der Waals surface area contributed by atoms with Crippen LogP contribution >= 0.6 is 0 Å². The summed E-state index contributed by atoms with van der Waals surface area (Å²) in [4.78, 5) is 26.0. The minimum atomic E-state index is -0.239. The van der Waals surface area contributed by atoms with Crippen molar-refractivity contribution in [2.24, 2.45) is 0 Å². The van der Waals surface area contributed by atoms with Crippen LogP contribution in [0.5, 0.6) is 0 Å².